The number of rotatable bonds is 1. The average molecular weight is 248 g/mol. The topological polar surface area (TPSA) is 28.4 Å². The highest BCUT2D eigenvalue weighted by molar-refractivity contribution is 5.28. The van der Waals surface area contributed by atoms with E-state index >= 15 is 0 Å². The first-order valence-electron chi connectivity index (χ1n) is 7.24. The van der Waals surface area contributed by atoms with Crippen LogP contribution in [0, 0.1) is 0 Å². The molecule has 3 heteroatoms. The Morgan fingerprint density at radius 1 is 1.33 bits per heavy atom. The third kappa shape index (κ3) is 1.99. The lowest BCUT2D eigenvalue weighted by Gasteiger charge is -2.37. The quantitative estimate of drug-likeness (QED) is 0.827. The molecule has 0 radical (unpaired) electrons. The Hall–Kier alpha value is -0.800. The molecule has 3 atom stereocenters. The molecule has 1 saturated heterocycles. The van der Waals surface area contributed by atoms with Crippen molar-refractivity contribution in [3.05, 3.63) is 23.5 Å². The van der Waals surface area contributed by atoms with Gasteiger partial charge in [-0.3, -0.25) is 0 Å². The minimum atomic E-state index is -0.223. The smallest absolute Gasteiger partial charge is 0.0807 e. The van der Waals surface area contributed by atoms with E-state index in [0.717, 1.165) is 19.3 Å². The van der Waals surface area contributed by atoms with Gasteiger partial charge in [0.05, 0.1) is 6.10 Å². The summed E-state index contributed by atoms with van der Waals surface area (Å²) >= 11 is 0. The Balaban J connectivity index is 1.85. The van der Waals surface area contributed by atoms with Crippen LogP contribution in [-0.2, 0) is 6.42 Å². The van der Waals surface area contributed by atoms with Gasteiger partial charge in [0.1, 0.15) is 0 Å². The zero-order chi connectivity index (χ0) is 12.7. The summed E-state index contributed by atoms with van der Waals surface area (Å²) in [5.74, 6) is 0. The third-order valence-electron chi connectivity index (χ3n) is 4.88. The van der Waals surface area contributed by atoms with Crippen LogP contribution >= 0.6 is 0 Å². The highest BCUT2D eigenvalue weighted by Crippen LogP contribution is 2.35. The highest BCUT2D eigenvalue weighted by Gasteiger charge is 2.28. The van der Waals surface area contributed by atoms with Gasteiger partial charge >= 0.3 is 0 Å². The minimum absolute atomic E-state index is 0.223. The summed E-state index contributed by atoms with van der Waals surface area (Å²) in [7, 11) is 2.22. The third-order valence-corrected chi connectivity index (χ3v) is 4.88. The van der Waals surface area contributed by atoms with Crippen LogP contribution < -0.4 is 0 Å². The van der Waals surface area contributed by atoms with Gasteiger partial charge in [0.2, 0.25) is 0 Å². The van der Waals surface area contributed by atoms with Crippen molar-refractivity contribution in [2.75, 3.05) is 13.6 Å². The van der Waals surface area contributed by atoms with Gasteiger partial charge in [-0.05, 0) is 52.1 Å². The highest BCUT2D eigenvalue weighted by atomic mass is 16.3. The fourth-order valence-corrected chi connectivity index (χ4v) is 3.55. The van der Waals surface area contributed by atoms with Crippen molar-refractivity contribution in [1.82, 2.24) is 9.47 Å². The predicted molar refractivity (Wildman–Crippen MR) is 72.7 cm³/mol. The first-order valence-corrected chi connectivity index (χ1v) is 7.24. The van der Waals surface area contributed by atoms with E-state index in [9.17, 15) is 5.11 Å². The second-order valence-corrected chi connectivity index (χ2v) is 6.04. The van der Waals surface area contributed by atoms with Crippen LogP contribution in [0.25, 0.3) is 0 Å². The second kappa shape index (κ2) is 4.71. The first-order chi connectivity index (χ1) is 8.66. The monoisotopic (exact) mass is 248 g/mol. The lowest BCUT2D eigenvalue weighted by molar-refractivity contribution is 0.145. The number of hydrogen-bond acceptors (Lipinski definition) is 2. The molecule has 1 aromatic rings. The molecule has 1 aliphatic heterocycles. The van der Waals surface area contributed by atoms with Crippen LogP contribution in [0.3, 0.4) is 0 Å². The van der Waals surface area contributed by atoms with E-state index in [1.807, 2.05) is 0 Å². The van der Waals surface area contributed by atoms with Gasteiger partial charge in [0.15, 0.2) is 0 Å². The molecule has 1 aliphatic carbocycles. The summed E-state index contributed by atoms with van der Waals surface area (Å²) in [6, 6.07) is 3.43. The van der Waals surface area contributed by atoms with E-state index in [2.05, 4.69) is 35.7 Å². The molecular formula is C15H24N2O. The van der Waals surface area contributed by atoms with Crippen molar-refractivity contribution in [2.45, 2.75) is 57.2 Å². The molecular weight excluding hydrogens is 224 g/mol. The molecule has 100 valence electrons. The van der Waals surface area contributed by atoms with Gasteiger partial charge in [-0.1, -0.05) is 0 Å². The number of fused-ring (bicyclic) bond motifs is 1. The standard InChI is InChI=1S/C15H24N2O/c1-11-10-12(6-8-16(11)2)17-9-7-13-14(17)4-3-5-15(13)18/h7,9,11-12,15,18H,3-6,8,10H2,1-2H3. The van der Waals surface area contributed by atoms with Crippen molar-refractivity contribution >= 4 is 0 Å². The normalized spacial score (nSPS) is 33.4. The maximum atomic E-state index is 10.0. The lowest BCUT2D eigenvalue weighted by Crippen LogP contribution is -2.38. The Bertz CT molecular complexity index is 426. The number of nitrogens with zero attached hydrogens (tertiary/aromatic N) is 2. The molecule has 0 saturated carbocycles. The van der Waals surface area contributed by atoms with Crippen LogP contribution in [0.4, 0.5) is 0 Å². The van der Waals surface area contributed by atoms with E-state index in [-0.39, 0.29) is 6.10 Å². The molecule has 1 aromatic heterocycles. The van der Waals surface area contributed by atoms with Gasteiger partial charge in [0, 0.05) is 36.1 Å². The van der Waals surface area contributed by atoms with Gasteiger partial charge < -0.3 is 14.6 Å². The summed E-state index contributed by atoms with van der Waals surface area (Å²) in [5.41, 5.74) is 2.59. The summed E-state index contributed by atoms with van der Waals surface area (Å²) in [6.07, 6.45) is 7.65. The summed E-state index contributed by atoms with van der Waals surface area (Å²) in [6.45, 7) is 3.50. The van der Waals surface area contributed by atoms with Gasteiger partial charge in [-0.25, -0.2) is 0 Å². The Labute approximate surface area is 109 Å². The van der Waals surface area contributed by atoms with Crippen molar-refractivity contribution in [3.63, 3.8) is 0 Å². The van der Waals surface area contributed by atoms with E-state index in [1.54, 1.807) is 0 Å². The molecule has 1 fully saturated rings. The minimum Gasteiger partial charge on any atom is -0.388 e. The fraction of sp³-hybridized carbons (Fsp3) is 0.733. The summed E-state index contributed by atoms with van der Waals surface area (Å²) in [4.78, 5) is 2.45. The molecule has 0 aromatic carbocycles. The number of hydrogen-bond donors (Lipinski definition) is 1. The van der Waals surface area contributed by atoms with Gasteiger partial charge in [-0.15, -0.1) is 0 Å². The van der Waals surface area contributed by atoms with Crippen LogP contribution in [0.2, 0.25) is 0 Å². The number of aliphatic hydroxyl groups is 1. The molecule has 3 rings (SSSR count). The molecule has 0 amide bonds. The van der Waals surface area contributed by atoms with Crippen molar-refractivity contribution < 1.29 is 5.11 Å². The van der Waals surface area contributed by atoms with E-state index in [0.29, 0.717) is 12.1 Å². The number of aromatic nitrogens is 1. The Morgan fingerprint density at radius 3 is 2.94 bits per heavy atom. The molecule has 1 N–H and O–H groups in total. The van der Waals surface area contributed by atoms with Crippen molar-refractivity contribution in [2.24, 2.45) is 0 Å². The van der Waals surface area contributed by atoms with Crippen LogP contribution in [-0.4, -0.2) is 34.2 Å². The van der Waals surface area contributed by atoms with Crippen molar-refractivity contribution in [1.29, 1.82) is 0 Å². The Kier molecular flexibility index (Phi) is 3.20. The molecule has 3 unspecified atom stereocenters. The molecule has 2 aliphatic rings. The van der Waals surface area contributed by atoms with Gasteiger partial charge in [-0.2, -0.15) is 0 Å². The molecule has 3 nitrogen and oxygen atoms in total. The largest absolute Gasteiger partial charge is 0.388 e. The molecule has 18 heavy (non-hydrogen) atoms. The van der Waals surface area contributed by atoms with Crippen molar-refractivity contribution in [3.8, 4) is 0 Å². The van der Waals surface area contributed by atoms with Crippen LogP contribution in [0.15, 0.2) is 12.3 Å². The molecule has 2 heterocycles. The first kappa shape index (κ1) is 12.2. The lowest BCUT2D eigenvalue weighted by atomic mass is 9.93. The fourth-order valence-electron chi connectivity index (χ4n) is 3.55. The second-order valence-electron chi connectivity index (χ2n) is 6.04. The summed E-state index contributed by atoms with van der Waals surface area (Å²) in [5, 5.41) is 10.0. The zero-order valence-corrected chi connectivity index (χ0v) is 11.5. The van der Waals surface area contributed by atoms with E-state index in [1.165, 1.54) is 30.6 Å². The molecule has 0 spiro atoms. The van der Waals surface area contributed by atoms with E-state index < -0.39 is 0 Å². The Morgan fingerprint density at radius 2 is 2.17 bits per heavy atom. The number of aliphatic hydroxyl groups excluding tert-OH is 1. The van der Waals surface area contributed by atoms with Gasteiger partial charge in [0.25, 0.3) is 0 Å². The average Bonchev–Trinajstić information content (AvgIpc) is 2.78. The predicted octanol–water partition coefficient (Wildman–Crippen LogP) is 2.51. The SMILES string of the molecule is CC1CC(n2ccc3c2CCCC3O)CCN1C. The van der Waals surface area contributed by atoms with Crippen LogP contribution in [0.5, 0.6) is 0 Å². The van der Waals surface area contributed by atoms with Crippen LogP contribution in [0.1, 0.15) is 56.0 Å². The summed E-state index contributed by atoms with van der Waals surface area (Å²) < 4.78 is 2.46. The number of piperidine rings is 1. The number of likely N-dealkylation sites (tertiary alicyclic amines) is 1. The zero-order valence-electron chi connectivity index (χ0n) is 11.5. The maximum Gasteiger partial charge on any atom is 0.0807 e. The van der Waals surface area contributed by atoms with E-state index in [4.69, 9.17) is 0 Å². The maximum absolute atomic E-state index is 10.0. The molecule has 0 bridgehead atoms.